The third kappa shape index (κ3) is 5.08. The number of fused-ring (bicyclic) bond motifs is 1. The van der Waals surface area contributed by atoms with Crippen LogP contribution in [-0.2, 0) is 33.9 Å². The Labute approximate surface area is 189 Å². The summed E-state index contributed by atoms with van der Waals surface area (Å²) < 4.78 is 23.2. The fourth-order valence-corrected chi connectivity index (χ4v) is 5.89. The Hall–Kier alpha value is -2.98. The van der Waals surface area contributed by atoms with E-state index in [0.29, 0.717) is 0 Å². The monoisotopic (exact) mass is 504 g/mol. The van der Waals surface area contributed by atoms with Crippen molar-refractivity contribution < 1.29 is 42.6 Å². The van der Waals surface area contributed by atoms with Crippen molar-refractivity contribution in [2.24, 2.45) is 5.16 Å². The molecule has 2 aliphatic rings. The average molecular weight is 505 g/mol. The van der Waals surface area contributed by atoms with Crippen LogP contribution in [0.15, 0.2) is 27.3 Å². The maximum Gasteiger partial charge on any atom is 0.352 e. The van der Waals surface area contributed by atoms with Crippen molar-refractivity contribution in [2.45, 2.75) is 11.4 Å². The van der Waals surface area contributed by atoms with E-state index in [0.717, 1.165) is 34.3 Å². The number of oxime groups is 1. The van der Waals surface area contributed by atoms with Gasteiger partial charge < -0.3 is 20.4 Å². The minimum atomic E-state index is -3.53. The molecule has 0 aromatic carbocycles. The molecule has 2 amide bonds. The quantitative estimate of drug-likeness (QED) is 0.206. The maximum absolute atomic E-state index is 12.7. The molecule has 2 atom stereocenters. The Morgan fingerprint density at radius 1 is 1.38 bits per heavy atom. The first kappa shape index (κ1) is 23.7. The summed E-state index contributed by atoms with van der Waals surface area (Å²) in [5, 5.41) is 24.8. The highest BCUT2D eigenvalue weighted by Crippen LogP contribution is 2.40. The van der Waals surface area contributed by atoms with E-state index >= 15 is 0 Å². The molecule has 1 unspecified atom stereocenters. The molecule has 0 spiro atoms. The largest absolute Gasteiger partial charge is 0.479 e. The van der Waals surface area contributed by atoms with Gasteiger partial charge in [0.25, 0.3) is 11.8 Å². The van der Waals surface area contributed by atoms with Crippen molar-refractivity contribution >= 4 is 62.4 Å². The third-order valence-corrected chi connectivity index (χ3v) is 7.01. The topological polar surface area (TPSA) is 193 Å². The van der Waals surface area contributed by atoms with Gasteiger partial charge >= 0.3 is 11.9 Å². The van der Waals surface area contributed by atoms with E-state index in [9.17, 15) is 32.7 Å². The molecule has 13 nitrogen and oxygen atoms in total. The number of amides is 2. The van der Waals surface area contributed by atoms with Gasteiger partial charge in [-0.25, -0.2) is 23.0 Å². The zero-order chi connectivity index (χ0) is 23.6. The lowest BCUT2D eigenvalue weighted by Crippen LogP contribution is -2.71. The zero-order valence-corrected chi connectivity index (χ0v) is 18.7. The second-order valence-electron chi connectivity index (χ2n) is 6.67. The number of carboxylic acid groups (broad SMARTS) is 2. The van der Waals surface area contributed by atoms with Gasteiger partial charge in [0, 0.05) is 17.4 Å². The Balaban J connectivity index is 1.80. The SMILES string of the molecule is CS(=O)(=O)CC1=C(C(=O)O)N2C(=O)C(NC(=O)C(=NOCC(=O)O)c3cscn3)[C@H]2SC1. The number of rotatable bonds is 9. The maximum atomic E-state index is 12.7. The summed E-state index contributed by atoms with van der Waals surface area (Å²) in [6.45, 7) is -0.800. The molecule has 2 aliphatic heterocycles. The Kier molecular flexibility index (Phi) is 6.85. The minimum Gasteiger partial charge on any atom is -0.479 e. The standard InChI is InChI=1S/C16H16N4O9S3/c1-32(27,28)5-7-3-31-15-11(14(24)20(15)12(7)16(25)26)18-13(23)10(8-4-30-6-17-8)19-29-2-9(21)22/h4,6,11,15H,2-3,5H2,1H3,(H,18,23)(H,21,22)(H,25,26)/t11?,15-/m1/s1. The van der Waals surface area contributed by atoms with Crippen LogP contribution in [0.4, 0.5) is 0 Å². The number of carbonyl (C=O) groups excluding carboxylic acids is 2. The normalized spacial score (nSPS) is 21.0. The van der Waals surface area contributed by atoms with Gasteiger partial charge in [0.2, 0.25) is 6.61 Å². The van der Waals surface area contributed by atoms with Crippen LogP contribution in [0.25, 0.3) is 0 Å². The molecule has 3 heterocycles. The highest BCUT2D eigenvalue weighted by Gasteiger charge is 2.54. The first-order valence-corrected chi connectivity index (χ1v) is 12.7. The Morgan fingerprint density at radius 2 is 2.09 bits per heavy atom. The van der Waals surface area contributed by atoms with Crippen LogP contribution in [-0.4, -0.2) is 93.8 Å². The number of hydrogen-bond acceptors (Lipinski definition) is 11. The van der Waals surface area contributed by atoms with Crippen molar-refractivity contribution in [3.05, 3.63) is 27.9 Å². The Morgan fingerprint density at radius 3 is 2.66 bits per heavy atom. The molecule has 172 valence electrons. The van der Waals surface area contributed by atoms with E-state index in [1.807, 2.05) is 0 Å². The molecule has 16 heteroatoms. The van der Waals surface area contributed by atoms with Gasteiger partial charge in [-0.1, -0.05) is 5.16 Å². The molecule has 0 aliphatic carbocycles. The molecule has 1 aromatic rings. The predicted octanol–water partition coefficient (Wildman–Crippen LogP) is -1.27. The first-order valence-electron chi connectivity index (χ1n) is 8.68. The van der Waals surface area contributed by atoms with Gasteiger partial charge in [-0.2, -0.15) is 0 Å². The average Bonchev–Trinajstić information content (AvgIpc) is 3.21. The lowest BCUT2D eigenvalue weighted by molar-refractivity contribution is -0.150. The van der Waals surface area contributed by atoms with Crippen LogP contribution >= 0.6 is 23.1 Å². The van der Waals surface area contributed by atoms with E-state index in [1.54, 1.807) is 0 Å². The molecule has 1 aromatic heterocycles. The number of aliphatic carboxylic acids is 2. The first-order chi connectivity index (χ1) is 15.0. The summed E-state index contributed by atoms with van der Waals surface area (Å²) in [6, 6.07) is -1.11. The Bertz CT molecular complexity index is 1130. The van der Waals surface area contributed by atoms with Crippen molar-refractivity contribution in [3.63, 3.8) is 0 Å². The molecule has 1 fully saturated rings. The van der Waals surface area contributed by atoms with Gasteiger partial charge in [-0.05, 0) is 5.57 Å². The van der Waals surface area contributed by atoms with Crippen molar-refractivity contribution in [2.75, 3.05) is 24.4 Å². The van der Waals surface area contributed by atoms with Gasteiger partial charge in [-0.15, -0.1) is 23.1 Å². The number of carboxylic acids is 2. The van der Waals surface area contributed by atoms with Crippen molar-refractivity contribution in [1.29, 1.82) is 0 Å². The summed E-state index contributed by atoms with van der Waals surface area (Å²) in [4.78, 5) is 57.2. The van der Waals surface area contributed by atoms with E-state index in [1.165, 1.54) is 10.9 Å². The van der Waals surface area contributed by atoms with Crippen LogP contribution in [0.1, 0.15) is 5.69 Å². The molecule has 32 heavy (non-hydrogen) atoms. The fourth-order valence-electron chi connectivity index (χ4n) is 3.01. The summed E-state index contributed by atoms with van der Waals surface area (Å²) in [5.74, 6) is -4.82. The second-order valence-corrected chi connectivity index (χ2v) is 10.6. The highest BCUT2D eigenvalue weighted by molar-refractivity contribution is 8.00. The molecular weight excluding hydrogens is 488 g/mol. The second kappa shape index (κ2) is 9.25. The minimum absolute atomic E-state index is 0.0459. The van der Waals surface area contributed by atoms with Gasteiger partial charge in [0.15, 0.2) is 15.5 Å². The summed E-state index contributed by atoms with van der Waals surface area (Å²) in [5.41, 5.74) is 0.834. The van der Waals surface area contributed by atoms with E-state index in [-0.39, 0.29) is 22.7 Å². The number of thioether (sulfide) groups is 1. The summed E-state index contributed by atoms with van der Waals surface area (Å²) >= 11 is 2.26. The number of carbonyl (C=O) groups is 4. The van der Waals surface area contributed by atoms with Crippen LogP contribution in [0.5, 0.6) is 0 Å². The number of β-lactam (4-membered cyclic amide) rings is 1. The molecule has 3 rings (SSSR count). The highest BCUT2D eigenvalue weighted by atomic mass is 32.2. The lowest BCUT2D eigenvalue weighted by Gasteiger charge is -2.49. The fraction of sp³-hybridized carbons (Fsp3) is 0.375. The molecule has 0 saturated carbocycles. The van der Waals surface area contributed by atoms with E-state index in [4.69, 9.17) is 5.11 Å². The number of aromatic nitrogens is 1. The van der Waals surface area contributed by atoms with Gasteiger partial charge in [0.05, 0.1) is 11.3 Å². The van der Waals surface area contributed by atoms with E-state index in [2.05, 4.69) is 20.3 Å². The van der Waals surface area contributed by atoms with Crippen LogP contribution in [0.3, 0.4) is 0 Å². The zero-order valence-electron chi connectivity index (χ0n) is 16.2. The lowest BCUT2D eigenvalue weighted by atomic mass is 10.0. The molecule has 1 saturated heterocycles. The number of nitrogens with zero attached hydrogens (tertiary/aromatic N) is 3. The van der Waals surface area contributed by atoms with Crippen molar-refractivity contribution in [1.82, 2.24) is 15.2 Å². The number of thiazole rings is 1. The number of nitrogens with one attached hydrogen (secondary N) is 1. The molecule has 0 bridgehead atoms. The third-order valence-electron chi connectivity index (χ3n) is 4.21. The molecule has 3 N–H and O–H groups in total. The van der Waals surface area contributed by atoms with E-state index < -0.39 is 63.1 Å². The van der Waals surface area contributed by atoms with Crippen LogP contribution < -0.4 is 5.32 Å². The number of hydrogen-bond donors (Lipinski definition) is 3. The summed E-state index contributed by atoms with van der Waals surface area (Å²) in [7, 11) is -3.53. The van der Waals surface area contributed by atoms with Gasteiger partial charge in [-0.3, -0.25) is 14.5 Å². The number of sulfone groups is 1. The molecular formula is C16H16N4O9S3. The smallest absolute Gasteiger partial charge is 0.352 e. The van der Waals surface area contributed by atoms with Crippen LogP contribution in [0, 0.1) is 0 Å². The van der Waals surface area contributed by atoms with Crippen molar-refractivity contribution in [3.8, 4) is 0 Å². The van der Waals surface area contributed by atoms with Crippen LogP contribution in [0.2, 0.25) is 0 Å². The van der Waals surface area contributed by atoms with Gasteiger partial charge in [0.1, 0.15) is 22.8 Å². The predicted molar refractivity (Wildman–Crippen MR) is 112 cm³/mol. The molecule has 0 radical (unpaired) electrons. The summed E-state index contributed by atoms with van der Waals surface area (Å²) in [6.07, 6.45) is 0.961.